The Kier molecular flexibility index (Phi) is 10.4. The van der Waals surface area contributed by atoms with E-state index < -0.39 is 0 Å². The van der Waals surface area contributed by atoms with Crippen molar-refractivity contribution >= 4 is 35.8 Å². The molecule has 0 unspecified atom stereocenters. The molecule has 140 valence electrons. The summed E-state index contributed by atoms with van der Waals surface area (Å²) in [7, 11) is 0. The van der Waals surface area contributed by atoms with Gasteiger partial charge >= 0.3 is 0 Å². The number of hydrogen-bond acceptors (Lipinski definition) is 2. The van der Waals surface area contributed by atoms with E-state index in [0.717, 1.165) is 12.5 Å². The average molecular weight is 466 g/mol. The van der Waals surface area contributed by atoms with Crippen LogP contribution in [0.15, 0.2) is 59.6 Å². The summed E-state index contributed by atoms with van der Waals surface area (Å²) in [6.45, 7) is 6.64. The highest BCUT2D eigenvalue weighted by Gasteiger charge is 2.03. The fourth-order valence-corrected chi connectivity index (χ4v) is 2.25. The zero-order valence-electron chi connectivity index (χ0n) is 15.3. The molecule has 0 atom stereocenters. The molecule has 3 N–H and O–H groups in total. The standard InChI is InChI=1S/C20H26N4O.HI/c1-3-21-20(24-15-17-11-9-16(2)10-12-17)23-14-13-22-19(25)18-7-5-4-6-8-18;/h4-12H,3,13-15H2,1-2H3,(H,22,25)(H2,21,23,24);1H. The fraction of sp³-hybridized carbons (Fsp3) is 0.300. The van der Waals surface area contributed by atoms with Gasteiger partial charge in [-0.1, -0.05) is 48.0 Å². The first-order chi connectivity index (χ1) is 12.2. The number of benzene rings is 2. The van der Waals surface area contributed by atoms with Gasteiger partial charge < -0.3 is 16.0 Å². The van der Waals surface area contributed by atoms with Crippen molar-refractivity contribution in [3.8, 4) is 0 Å². The maximum Gasteiger partial charge on any atom is 0.251 e. The Morgan fingerprint density at radius 3 is 2.23 bits per heavy atom. The zero-order chi connectivity index (χ0) is 17.9. The maximum atomic E-state index is 12.0. The molecule has 0 radical (unpaired) electrons. The number of carbonyl (C=O) groups excluding carboxylic acids is 1. The van der Waals surface area contributed by atoms with Gasteiger partial charge in [0.2, 0.25) is 0 Å². The van der Waals surface area contributed by atoms with Crippen LogP contribution >= 0.6 is 24.0 Å². The van der Waals surface area contributed by atoms with Gasteiger partial charge in [-0.15, -0.1) is 24.0 Å². The van der Waals surface area contributed by atoms with Crippen LogP contribution in [0.3, 0.4) is 0 Å². The van der Waals surface area contributed by atoms with Crippen molar-refractivity contribution in [2.75, 3.05) is 19.6 Å². The molecule has 0 saturated heterocycles. The van der Waals surface area contributed by atoms with E-state index in [-0.39, 0.29) is 29.9 Å². The van der Waals surface area contributed by atoms with E-state index in [1.165, 1.54) is 11.1 Å². The number of aliphatic imine (C=N–C) groups is 1. The van der Waals surface area contributed by atoms with Crippen molar-refractivity contribution in [2.45, 2.75) is 20.4 Å². The highest BCUT2D eigenvalue weighted by Crippen LogP contribution is 2.04. The maximum absolute atomic E-state index is 12.0. The van der Waals surface area contributed by atoms with Crippen LogP contribution in [0.2, 0.25) is 0 Å². The molecule has 1 amide bonds. The molecule has 0 saturated carbocycles. The Balaban J connectivity index is 0.00000338. The minimum atomic E-state index is -0.0657. The SMILES string of the molecule is CCNC(=NCc1ccc(C)cc1)NCCNC(=O)c1ccccc1.I. The highest BCUT2D eigenvalue weighted by molar-refractivity contribution is 14.0. The summed E-state index contributed by atoms with van der Waals surface area (Å²) in [5, 5.41) is 9.34. The van der Waals surface area contributed by atoms with Crippen molar-refractivity contribution in [1.82, 2.24) is 16.0 Å². The lowest BCUT2D eigenvalue weighted by Crippen LogP contribution is -2.41. The van der Waals surface area contributed by atoms with Crippen LogP contribution < -0.4 is 16.0 Å². The third kappa shape index (κ3) is 7.86. The second-order valence-electron chi connectivity index (χ2n) is 5.73. The number of halogens is 1. The molecule has 0 bridgehead atoms. The number of nitrogens with zero attached hydrogens (tertiary/aromatic N) is 1. The summed E-state index contributed by atoms with van der Waals surface area (Å²) < 4.78 is 0. The van der Waals surface area contributed by atoms with Crippen molar-refractivity contribution in [1.29, 1.82) is 0 Å². The second kappa shape index (κ2) is 12.3. The average Bonchev–Trinajstić information content (AvgIpc) is 2.65. The minimum Gasteiger partial charge on any atom is -0.357 e. The topological polar surface area (TPSA) is 65.5 Å². The predicted molar refractivity (Wildman–Crippen MR) is 118 cm³/mol. The van der Waals surface area contributed by atoms with E-state index in [1.807, 2.05) is 25.1 Å². The van der Waals surface area contributed by atoms with Crippen LogP contribution in [0.1, 0.15) is 28.4 Å². The van der Waals surface area contributed by atoms with Gasteiger partial charge in [-0.3, -0.25) is 4.79 Å². The molecule has 0 spiro atoms. The van der Waals surface area contributed by atoms with Crippen LogP contribution in [0.25, 0.3) is 0 Å². The molecule has 5 nitrogen and oxygen atoms in total. The van der Waals surface area contributed by atoms with Crippen LogP contribution in [0.5, 0.6) is 0 Å². The molecule has 6 heteroatoms. The van der Waals surface area contributed by atoms with E-state index in [9.17, 15) is 4.79 Å². The summed E-state index contributed by atoms with van der Waals surface area (Å²) in [6, 6.07) is 17.6. The molecular formula is C20H27IN4O. The van der Waals surface area contributed by atoms with Gasteiger partial charge in [-0.2, -0.15) is 0 Å². The number of aryl methyl sites for hydroxylation is 1. The predicted octanol–water partition coefficient (Wildman–Crippen LogP) is 3.10. The zero-order valence-corrected chi connectivity index (χ0v) is 17.6. The van der Waals surface area contributed by atoms with Crippen LogP contribution in [-0.2, 0) is 6.54 Å². The number of rotatable bonds is 7. The van der Waals surface area contributed by atoms with Crippen LogP contribution in [0, 0.1) is 6.92 Å². The number of amides is 1. The van der Waals surface area contributed by atoms with Gasteiger partial charge in [-0.25, -0.2) is 4.99 Å². The third-order valence-corrected chi connectivity index (χ3v) is 3.62. The summed E-state index contributed by atoms with van der Waals surface area (Å²) in [6.07, 6.45) is 0. The minimum absolute atomic E-state index is 0. The lowest BCUT2D eigenvalue weighted by Gasteiger charge is -2.12. The fourth-order valence-electron chi connectivity index (χ4n) is 2.25. The largest absolute Gasteiger partial charge is 0.357 e. The molecule has 2 aromatic rings. The van der Waals surface area contributed by atoms with E-state index in [0.29, 0.717) is 25.2 Å². The summed E-state index contributed by atoms with van der Waals surface area (Å²) in [5.41, 5.74) is 3.08. The van der Waals surface area contributed by atoms with Crippen LogP contribution in [-0.4, -0.2) is 31.5 Å². The highest BCUT2D eigenvalue weighted by atomic mass is 127. The van der Waals surface area contributed by atoms with E-state index in [2.05, 4.69) is 52.1 Å². The monoisotopic (exact) mass is 466 g/mol. The van der Waals surface area contributed by atoms with E-state index >= 15 is 0 Å². The molecule has 26 heavy (non-hydrogen) atoms. The summed E-state index contributed by atoms with van der Waals surface area (Å²) in [4.78, 5) is 16.5. The Morgan fingerprint density at radius 2 is 1.58 bits per heavy atom. The van der Waals surface area contributed by atoms with Gasteiger partial charge in [0, 0.05) is 25.2 Å². The first-order valence-electron chi connectivity index (χ1n) is 8.60. The molecule has 0 fully saturated rings. The summed E-state index contributed by atoms with van der Waals surface area (Å²) >= 11 is 0. The van der Waals surface area contributed by atoms with Gasteiger partial charge in [0.25, 0.3) is 5.91 Å². The normalized spacial score (nSPS) is 10.6. The molecule has 2 rings (SSSR count). The Labute approximate surface area is 172 Å². The van der Waals surface area contributed by atoms with Gasteiger partial charge in [0.15, 0.2) is 5.96 Å². The smallest absolute Gasteiger partial charge is 0.251 e. The first-order valence-corrected chi connectivity index (χ1v) is 8.60. The first kappa shape index (κ1) is 22.0. The van der Waals surface area contributed by atoms with Crippen molar-refractivity contribution in [2.24, 2.45) is 4.99 Å². The summed E-state index contributed by atoms with van der Waals surface area (Å²) in [5.74, 6) is 0.682. The van der Waals surface area contributed by atoms with Crippen molar-refractivity contribution < 1.29 is 4.79 Å². The number of guanidine groups is 1. The lowest BCUT2D eigenvalue weighted by atomic mass is 10.1. The van der Waals surface area contributed by atoms with E-state index in [1.54, 1.807) is 12.1 Å². The van der Waals surface area contributed by atoms with E-state index in [4.69, 9.17) is 0 Å². The molecule has 0 aliphatic carbocycles. The van der Waals surface area contributed by atoms with Gasteiger partial charge in [-0.05, 0) is 31.5 Å². The molecule has 0 aromatic heterocycles. The van der Waals surface area contributed by atoms with Gasteiger partial charge in [0.1, 0.15) is 0 Å². The number of hydrogen-bond donors (Lipinski definition) is 3. The molecule has 2 aromatic carbocycles. The molecule has 0 aliphatic rings. The van der Waals surface area contributed by atoms with Crippen molar-refractivity contribution in [3.05, 3.63) is 71.3 Å². The van der Waals surface area contributed by atoms with Gasteiger partial charge in [0.05, 0.1) is 6.54 Å². The Bertz CT molecular complexity index is 687. The van der Waals surface area contributed by atoms with Crippen LogP contribution in [0.4, 0.5) is 0 Å². The molecule has 0 heterocycles. The second-order valence-corrected chi connectivity index (χ2v) is 5.73. The Morgan fingerprint density at radius 1 is 0.923 bits per heavy atom. The molecule has 0 aliphatic heterocycles. The number of carbonyl (C=O) groups is 1. The quantitative estimate of drug-likeness (QED) is 0.254. The number of nitrogens with one attached hydrogen (secondary N) is 3. The lowest BCUT2D eigenvalue weighted by molar-refractivity contribution is 0.0954. The molecular weight excluding hydrogens is 439 g/mol. The third-order valence-electron chi connectivity index (χ3n) is 3.62. The Hall–Kier alpha value is -2.09. The van der Waals surface area contributed by atoms with Crippen molar-refractivity contribution in [3.63, 3.8) is 0 Å².